The van der Waals surface area contributed by atoms with Crippen molar-refractivity contribution in [3.63, 3.8) is 0 Å². The number of aryl methyl sites for hydroxylation is 1. The van der Waals surface area contributed by atoms with Gasteiger partial charge in [0.15, 0.2) is 11.8 Å². The fourth-order valence-electron chi connectivity index (χ4n) is 2.55. The molecule has 0 unspecified atom stereocenters. The first kappa shape index (κ1) is 19.6. The van der Waals surface area contributed by atoms with Gasteiger partial charge in [-0.3, -0.25) is 0 Å². The van der Waals surface area contributed by atoms with Crippen molar-refractivity contribution in [1.29, 1.82) is 0 Å². The normalized spacial score (nSPS) is 12.4. The van der Waals surface area contributed by atoms with Gasteiger partial charge in [-0.25, -0.2) is 4.99 Å². The second kappa shape index (κ2) is 8.67. The summed E-state index contributed by atoms with van der Waals surface area (Å²) in [6.45, 7) is 8.46. The van der Waals surface area contributed by atoms with Crippen molar-refractivity contribution in [3.8, 4) is 0 Å². The first-order chi connectivity index (χ1) is 13.0. The molecule has 0 fully saturated rings. The minimum absolute atomic E-state index is 0.0287. The van der Waals surface area contributed by atoms with Crippen LogP contribution in [-0.4, -0.2) is 27.3 Å². The average molecular weight is 403 g/mol. The molecule has 144 valence electrons. The van der Waals surface area contributed by atoms with E-state index in [1.54, 1.807) is 22.7 Å². The van der Waals surface area contributed by atoms with Crippen LogP contribution in [0.2, 0.25) is 0 Å². The van der Waals surface area contributed by atoms with Gasteiger partial charge in [-0.2, -0.15) is 0 Å². The maximum Gasteiger partial charge on any atom is 0.192 e. The van der Waals surface area contributed by atoms with Crippen molar-refractivity contribution in [2.45, 2.75) is 39.3 Å². The number of nitrogens with zero attached hydrogens (tertiary/aromatic N) is 4. The summed E-state index contributed by atoms with van der Waals surface area (Å²) in [6.07, 6.45) is 0. The summed E-state index contributed by atoms with van der Waals surface area (Å²) >= 11 is 3.52. The summed E-state index contributed by atoms with van der Waals surface area (Å²) < 4.78 is 1.97. The highest BCUT2D eigenvalue weighted by Gasteiger charge is 2.22. The van der Waals surface area contributed by atoms with Crippen molar-refractivity contribution in [1.82, 2.24) is 25.4 Å². The number of aliphatic imine (C=N–C) groups is 1. The summed E-state index contributed by atoms with van der Waals surface area (Å²) in [4.78, 5) is 7.36. The lowest BCUT2D eigenvalue weighted by Gasteiger charge is -2.25. The van der Waals surface area contributed by atoms with Crippen LogP contribution in [0.15, 0.2) is 40.0 Å². The predicted molar refractivity (Wildman–Crippen MR) is 113 cm³/mol. The van der Waals surface area contributed by atoms with E-state index in [1.165, 1.54) is 9.75 Å². The summed E-state index contributed by atoms with van der Waals surface area (Å²) in [5, 5.41) is 19.4. The van der Waals surface area contributed by atoms with Crippen LogP contribution >= 0.6 is 22.7 Å². The topological polar surface area (TPSA) is 67.1 Å². The Labute approximate surface area is 168 Å². The highest BCUT2D eigenvalue weighted by atomic mass is 32.1. The molecule has 0 atom stereocenters. The molecule has 0 saturated carbocycles. The third-order valence-electron chi connectivity index (χ3n) is 4.46. The van der Waals surface area contributed by atoms with Gasteiger partial charge in [-0.15, -0.1) is 32.9 Å². The van der Waals surface area contributed by atoms with Crippen LogP contribution < -0.4 is 10.6 Å². The Balaban J connectivity index is 1.68. The molecular weight excluding hydrogens is 376 g/mol. The van der Waals surface area contributed by atoms with Gasteiger partial charge in [-0.05, 0) is 29.8 Å². The van der Waals surface area contributed by atoms with Crippen LogP contribution in [0, 0.1) is 6.92 Å². The monoisotopic (exact) mass is 402 g/mol. The molecule has 0 aromatic carbocycles. The molecule has 0 aliphatic carbocycles. The largest absolute Gasteiger partial charge is 0.355 e. The van der Waals surface area contributed by atoms with Crippen molar-refractivity contribution < 1.29 is 0 Å². The first-order valence-corrected chi connectivity index (χ1v) is 10.6. The quantitative estimate of drug-likeness (QED) is 0.469. The highest BCUT2D eigenvalue weighted by Crippen LogP contribution is 2.26. The summed E-state index contributed by atoms with van der Waals surface area (Å²) in [6, 6.07) is 8.47. The van der Waals surface area contributed by atoms with E-state index in [9.17, 15) is 0 Å². The van der Waals surface area contributed by atoms with Gasteiger partial charge in [0, 0.05) is 28.8 Å². The molecule has 3 aromatic rings. The van der Waals surface area contributed by atoms with Gasteiger partial charge in [0.1, 0.15) is 12.4 Å². The molecule has 8 heteroatoms. The number of hydrogen-bond acceptors (Lipinski definition) is 5. The molecule has 27 heavy (non-hydrogen) atoms. The van der Waals surface area contributed by atoms with Gasteiger partial charge >= 0.3 is 0 Å². The van der Waals surface area contributed by atoms with Gasteiger partial charge in [0.25, 0.3) is 0 Å². The summed E-state index contributed by atoms with van der Waals surface area (Å²) in [5.41, 5.74) is 0.0287. The van der Waals surface area contributed by atoms with Crippen molar-refractivity contribution in [2.75, 3.05) is 6.54 Å². The number of hydrogen-bond donors (Lipinski definition) is 2. The molecule has 0 spiro atoms. The molecule has 0 saturated heterocycles. The molecule has 0 radical (unpaired) electrons. The lowest BCUT2D eigenvalue weighted by atomic mass is 9.91. The predicted octanol–water partition coefficient (Wildman–Crippen LogP) is 3.46. The molecule has 2 N–H and O–H groups in total. The minimum atomic E-state index is 0.0287. The molecule has 0 aliphatic heterocycles. The van der Waals surface area contributed by atoms with Crippen molar-refractivity contribution >= 4 is 28.6 Å². The molecule has 3 rings (SSSR count). The van der Waals surface area contributed by atoms with E-state index >= 15 is 0 Å². The Morgan fingerprint density at radius 1 is 1.15 bits per heavy atom. The van der Waals surface area contributed by atoms with Crippen LogP contribution in [-0.2, 0) is 25.6 Å². The van der Waals surface area contributed by atoms with Crippen LogP contribution in [0.4, 0.5) is 0 Å². The van der Waals surface area contributed by atoms with E-state index in [1.807, 2.05) is 18.5 Å². The Morgan fingerprint density at radius 2 is 1.93 bits per heavy atom. The Bertz CT molecular complexity index is 862. The molecule has 3 aromatic heterocycles. The third kappa shape index (κ3) is 5.17. The maximum atomic E-state index is 4.73. The number of nitrogens with one attached hydrogen (secondary N) is 2. The maximum absolute atomic E-state index is 4.73. The van der Waals surface area contributed by atoms with Crippen LogP contribution in [0.25, 0.3) is 0 Å². The summed E-state index contributed by atoms with van der Waals surface area (Å²) in [5.74, 6) is 2.52. The van der Waals surface area contributed by atoms with E-state index in [0.717, 1.165) is 30.7 Å². The zero-order chi connectivity index (χ0) is 19.3. The number of aromatic nitrogens is 3. The Hall–Kier alpha value is -2.19. The smallest absolute Gasteiger partial charge is 0.192 e. The summed E-state index contributed by atoms with van der Waals surface area (Å²) in [7, 11) is 1.96. The molecule has 3 heterocycles. The number of rotatable bonds is 7. The standard InChI is InChI=1S/C19H26N6S2/c1-14-23-24-17(25(14)4)12-21-18(20-11-15-7-5-9-26-15)22-13-19(2,3)16-8-6-10-27-16/h5-10H,11-13H2,1-4H3,(H2,20,21,22). The van der Waals surface area contributed by atoms with E-state index < -0.39 is 0 Å². The molecular formula is C19H26N6S2. The second-order valence-corrected chi connectivity index (χ2v) is 9.01. The minimum Gasteiger partial charge on any atom is -0.355 e. The Kier molecular flexibility index (Phi) is 6.28. The van der Waals surface area contributed by atoms with E-state index in [-0.39, 0.29) is 5.41 Å². The zero-order valence-corrected chi connectivity index (χ0v) is 17.8. The molecule has 0 aliphatic rings. The van der Waals surface area contributed by atoms with Crippen LogP contribution in [0.5, 0.6) is 0 Å². The van der Waals surface area contributed by atoms with E-state index in [0.29, 0.717) is 6.54 Å². The molecule has 0 amide bonds. The molecule has 6 nitrogen and oxygen atoms in total. The van der Waals surface area contributed by atoms with Crippen LogP contribution in [0.3, 0.4) is 0 Å². The van der Waals surface area contributed by atoms with Gasteiger partial charge < -0.3 is 15.2 Å². The van der Waals surface area contributed by atoms with Gasteiger partial charge in [0.05, 0.1) is 6.54 Å². The highest BCUT2D eigenvalue weighted by molar-refractivity contribution is 7.10. The Morgan fingerprint density at radius 3 is 2.56 bits per heavy atom. The number of guanidine groups is 1. The van der Waals surface area contributed by atoms with Gasteiger partial charge in [0.2, 0.25) is 0 Å². The zero-order valence-electron chi connectivity index (χ0n) is 16.2. The first-order valence-electron chi connectivity index (χ1n) is 8.89. The fourth-order valence-corrected chi connectivity index (χ4v) is 4.05. The SMILES string of the molecule is Cc1nnc(CN=C(NCc2cccs2)NCC(C)(C)c2cccs2)n1C. The second-order valence-electron chi connectivity index (χ2n) is 7.03. The van der Waals surface area contributed by atoms with Crippen LogP contribution in [0.1, 0.15) is 35.3 Å². The number of thiophene rings is 2. The average Bonchev–Trinajstić information content (AvgIpc) is 3.40. The van der Waals surface area contributed by atoms with Crippen molar-refractivity contribution in [2.24, 2.45) is 12.0 Å². The lowest BCUT2D eigenvalue weighted by Crippen LogP contribution is -2.43. The van der Waals surface area contributed by atoms with Gasteiger partial charge in [-0.1, -0.05) is 26.0 Å². The molecule has 0 bridgehead atoms. The third-order valence-corrected chi connectivity index (χ3v) is 6.57. The fraction of sp³-hybridized carbons (Fsp3) is 0.421. The lowest BCUT2D eigenvalue weighted by molar-refractivity contribution is 0.518. The van der Waals surface area contributed by atoms with Crippen molar-refractivity contribution in [3.05, 3.63) is 56.4 Å². The van der Waals surface area contributed by atoms with E-state index in [2.05, 4.69) is 69.7 Å². The van der Waals surface area contributed by atoms with E-state index in [4.69, 9.17) is 4.99 Å².